The summed E-state index contributed by atoms with van der Waals surface area (Å²) in [5.74, 6) is 0. The number of hydrogen-bond donors (Lipinski definition) is 0. The molecule has 0 radical (unpaired) electrons. The van der Waals surface area contributed by atoms with Gasteiger partial charge in [-0.1, -0.05) is 94.9 Å². The minimum absolute atomic E-state index is 1.31. The number of benzene rings is 2. The zero-order valence-corrected chi connectivity index (χ0v) is 10.7. The van der Waals surface area contributed by atoms with E-state index >= 15 is 0 Å². The lowest BCUT2D eigenvalue weighted by Gasteiger charge is -1.92. The summed E-state index contributed by atoms with van der Waals surface area (Å²) in [6.07, 6.45) is 0. The Kier molecular flexibility index (Phi) is 5.01. The predicted octanol–water partition coefficient (Wildman–Crippen LogP) is 5.39. The fourth-order valence-electron chi connectivity index (χ4n) is 1.13. The molecule has 2 rings (SSSR count). The van der Waals surface area contributed by atoms with Crippen LogP contribution in [0.3, 0.4) is 0 Å². The van der Waals surface area contributed by atoms with Crippen molar-refractivity contribution >= 4 is 57.2 Å². The van der Waals surface area contributed by atoms with Crippen molar-refractivity contribution in [3.05, 3.63) is 48.5 Å². The van der Waals surface area contributed by atoms with E-state index in [1.54, 1.807) is 0 Å². The van der Waals surface area contributed by atoms with E-state index in [0.717, 1.165) is 0 Å². The first-order chi connectivity index (χ1) is 6.97. The van der Waals surface area contributed by atoms with Gasteiger partial charge in [0, 0.05) is 0 Å². The summed E-state index contributed by atoms with van der Waals surface area (Å²) in [6.45, 7) is 0. The Morgan fingerprint density at radius 3 is 1.00 bits per heavy atom. The molecule has 80 valence electrons. The van der Waals surface area contributed by atoms with Crippen LogP contribution in [0, 0.1) is 0 Å². The summed E-state index contributed by atoms with van der Waals surface area (Å²) in [5.41, 5.74) is 0. The molecule has 0 bridgehead atoms. The normalized spacial score (nSPS) is 10.7. The van der Waals surface area contributed by atoms with E-state index in [1.807, 2.05) is 0 Å². The molecule has 0 aliphatic rings. The summed E-state index contributed by atoms with van der Waals surface area (Å²) >= 11 is 19.3. The zero-order chi connectivity index (χ0) is 11.3. The van der Waals surface area contributed by atoms with Gasteiger partial charge in [-0.2, -0.15) is 0 Å². The lowest BCUT2D eigenvalue weighted by Crippen LogP contribution is -1.81. The van der Waals surface area contributed by atoms with Crippen LogP contribution < -0.4 is 0 Å². The van der Waals surface area contributed by atoms with Crippen molar-refractivity contribution in [2.75, 3.05) is 0 Å². The van der Waals surface area contributed by atoms with Crippen LogP contribution in [0.4, 0.5) is 0 Å². The third-order valence-electron chi connectivity index (χ3n) is 1.66. The van der Waals surface area contributed by atoms with Crippen molar-refractivity contribution in [2.24, 2.45) is 0 Å². The smallest absolute Gasteiger partial charge is 0.0664 e. The van der Waals surface area contributed by atoms with Crippen LogP contribution in [-0.2, 0) is 0 Å². The molecule has 0 saturated heterocycles. The van der Waals surface area contributed by atoms with E-state index in [0.29, 0.717) is 0 Å². The predicted molar refractivity (Wildman–Crippen MR) is 70.1 cm³/mol. The van der Waals surface area contributed by atoms with Crippen LogP contribution >= 0.6 is 46.4 Å². The molecule has 0 unspecified atom stereocenters. The standard InChI is InChI=1S/C10H8.CCl4/c1-2-6-10-8-4-3-7-9(10)5-1;2-1(3,4)5/h1-8H;. The van der Waals surface area contributed by atoms with Gasteiger partial charge >= 0.3 is 0 Å². The highest BCUT2D eigenvalue weighted by Gasteiger charge is 2.11. The quantitative estimate of drug-likeness (QED) is 0.568. The molecule has 0 N–H and O–H groups in total. The molecule has 4 heteroatoms. The lowest BCUT2D eigenvalue weighted by molar-refractivity contribution is 1.75. The Bertz CT molecular complexity index is 349. The van der Waals surface area contributed by atoms with Gasteiger partial charge in [0.15, 0.2) is 0 Å². The van der Waals surface area contributed by atoms with Crippen LogP contribution in [-0.4, -0.2) is 3.25 Å². The number of fused-ring (bicyclic) bond motifs is 1. The zero-order valence-electron chi connectivity index (χ0n) is 7.63. The van der Waals surface area contributed by atoms with E-state index < -0.39 is 3.25 Å². The van der Waals surface area contributed by atoms with Gasteiger partial charge in [-0.3, -0.25) is 0 Å². The van der Waals surface area contributed by atoms with E-state index in [1.165, 1.54) is 10.8 Å². The van der Waals surface area contributed by atoms with Gasteiger partial charge in [0.2, 0.25) is 0 Å². The Hall–Kier alpha value is -0.140. The van der Waals surface area contributed by atoms with Crippen LogP contribution in [0.5, 0.6) is 0 Å². The molecule has 0 nitrogen and oxygen atoms in total. The van der Waals surface area contributed by atoms with Gasteiger partial charge in [0.25, 0.3) is 3.25 Å². The minimum atomic E-state index is -1.61. The van der Waals surface area contributed by atoms with Gasteiger partial charge < -0.3 is 0 Å². The summed E-state index contributed by atoms with van der Waals surface area (Å²) in [6, 6.07) is 16.7. The number of rotatable bonds is 0. The van der Waals surface area contributed by atoms with Gasteiger partial charge in [-0.15, -0.1) is 0 Å². The maximum Gasteiger partial charge on any atom is 0.266 e. The van der Waals surface area contributed by atoms with Gasteiger partial charge in [-0.05, 0) is 10.8 Å². The second-order valence-corrected chi connectivity index (χ2v) is 6.20. The van der Waals surface area contributed by atoms with Crippen LogP contribution in [0.1, 0.15) is 0 Å². The van der Waals surface area contributed by atoms with Crippen molar-refractivity contribution < 1.29 is 0 Å². The second-order valence-electron chi connectivity index (χ2n) is 2.78. The Labute approximate surface area is 109 Å². The fourth-order valence-corrected chi connectivity index (χ4v) is 1.13. The maximum absolute atomic E-state index is 4.83. The highest BCUT2D eigenvalue weighted by molar-refractivity contribution is 6.83. The molecule has 0 fully saturated rings. The first kappa shape index (κ1) is 12.9. The van der Waals surface area contributed by atoms with E-state index in [-0.39, 0.29) is 0 Å². The summed E-state index contributed by atoms with van der Waals surface area (Å²) in [5, 5.41) is 2.62. The summed E-state index contributed by atoms with van der Waals surface area (Å²) in [4.78, 5) is 0. The Morgan fingerprint density at radius 2 is 0.800 bits per heavy atom. The van der Waals surface area contributed by atoms with Gasteiger partial charge in [0.1, 0.15) is 0 Å². The fraction of sp³-hybridized carbons (Fsp3) is 0.0909. The average Bonchev–Trinajstić information content (AvgIpc) is 2.16. The summed E-state index contributed by atoms with van der Waals surface area (Å²) < 4.78 is -1.61. The van der Waals surface area contributed by atoms with Gasteiger partial charge in [-0.25, -0.2) is 0 Å². The molecule has 0 saturated carbocycles. The largest absolute Gasteiger partial charge is 0.266 e. The molecule has 0 amide bonds. The van der Waals surface area contributed by atoms with Crippen molar-refractivity contribution in [3.63, 3.8) is 0 Å². The molecule has 0 heterocycles. The first-order valence-corrected chi connectivity index (χ1v) is 5.67. The number of hydrogen-bond acceptors (Lipinski definition) is 0. The molecule has 2 aromatic rings. The van der Waals surface area contributed by atoms with Crippen molar-refractivity contribution in [1.82, 2.24) is 0 Å². The van der Waals surface area contributed by atoms with Crippen LogP contribution in [0.25, 0.3) is 10.8 Å². The third kappa shape index (κ3) is 6.11. The molecular weight excluding hydrogens is 274 g/mol. The second kappa shape index (κ2) is 5.81. The highest BCUT2D eigenvalue weighted by Crippen LogP contribution is 2.29. The Morgan fingerprint density at radius 1 is 0.600 bits per heavy atom. The van der Waals surface area contributed by atoms with E-state index in [4.69, 9.17) is 46.4 Å². The highest BCUT2D eigenvalue weighted by atomic mass is 35.6. The van der Waals surface area contributed by atoms with Crippen LogP contribution in [0.2, 0.25) is 0 Å². The average molecular weight is 282 g/mol. The molecule has 0 aliphatic heterocycles. The number of alkyl halides is 4. The molecule has 0 atom stereocenters. The maximum atomic E-state index is 4.83. The topological polar surface area (TPSA) is 0 Å². The Balaban J connectivity index is 0.000000195. The van der Waals surface area contributed by atoms with Gasteiger partial charge in [0.05, 0.1) is 0 Å². The molecule has 0 aromatic heterocycles. The van der Waals surface area contributed by atoms with Crippen molar-refractivity contribution in [2.45, 2.75) is 3.25 Å². The summed E-state index contributed by atoms with van der Waals surface area (Å²) in [7, 11) is 0. The molecule has 15 heavy (non-hydrogen) atoms. The number of halogens is 4. The van der Waals surface area contributed by atoms with Crippen molar-refractivity contribution in [1.29, 1.82) is 0 Å². The molecule has 0 spiro atoms. The lowest BCUT2D eigenvalue weighted by atomic mass is 10.1. The molecular formula is C11H8Cl4. The van der Waals surface area contributed by atoms with E-state index in [2.05, 4.69) is 48.5 Å². The van der Waals surface area contributed by atoms with Crippen LogP contribution in [0.15, 0.2) is 48.5 Å². The minimum Gasteiger partial charge on any atom is -0.0664 e. The van der Waals surface area contributed by atoms with E-state index in [9.17, 15) is 0 Å². The SMILES string of the molecule is ClC(Cl)(Cl)Cl.c1ccc2ccccc2c1. The molecule has 0 aliphatic carbocycles. The molecule has 2 aromatic carbocycles. The monoisotopic (exact) mass is 280 g/mol. The third-order valence-corrected chi connectivity index (χ3v) is 1.66. The van der Waals surface area contributed by atoms with Crippen molar-refractivity contribution in [3.8, 4) is 0 Å². The first-order valence-electron chi connectivity index (χ1n) is 4.16.